The molecule has 142 valence electrons. The Morgan fingerprint density at radius 2 is 2.15 bits per heavy atom. The molecule has 0 spiro atoms. The number of thiophene rings is 1. The lowest BCUT2D eigenvalue weighted by Gasteiger charge is -2.32. The Bertz CT molecular complexity index is 741. The topological polar surface area (TPSA) is 103 Å². The summed E-state index contributed by atoms with van der Waals surface area (Å²) < 4.78 is 1.52. The van der Waals surface area contributed by atoms with E-state index in [0.29, 0.717) is 17.7 Å². The van der Waals surface area contributed by atoms with Crippen LogP contribution in [0.5, 0.6) is 0 Å². The Morgan fingerprint density at radius 3 is 2.69 bits per heavy atom. The van der Waals surface area contributed by atoms with E-state index in [-0.39, 0.29) is 11.8 Å². The van der Waals surface area contributed by atoms with Gasteiger partial charge in [0, 0.05) is 5.38 Å². The van der Waals surface area contributed by atoms with Crippen LogP contribution in [0.2, 0.25) is 0 Å². The minimum atomic E-state index is -0.718. The van der Waals surface area contributed by atoms with Crippen LogP contribution in [0.15, 0.2) is 23.0 Å². The summed E-state index contributed by atoms with van der Waals surface area (Å²) in [5, 5.41) is 15.1. The molecule has 0 aliphatic heterocycles. The fourth-order valence-corrected chi connectivity index (χ4v) is 3.31. The van der Waals surface area contributed by atoms with Gasteiger partial charge in [-0.2, -0.15) is 11.3 Å². The SMILES string of the molecule is CCCC[C@@H](C(N)=O)n1cc([C@@](C)(NC(=O)c2ccsc2)C(C)C)nn1. The maximum absolute atomic E-state index is 12.6. The van der Waals surface area contributed by atoms with Crippen LogP contribution >= 0.6 is 11.3 Å². The molecule has 2 amide bonds. The van der Waals surface area contributed by atoms with Gasteiger partial charge in [0.15, 0.2) is 0 Å². The number of carbonyl (C=O) groups excluding carboxylic acids is 2. The zero-order chi connectivity index (χ0) is 19.3. The average molecular weight is 378 g/mol. The second-order valence-corrected chi connectivity index (χ2v) is 7.75. The van der Waals surface area contributed by atoms with E-state index in [2.05, 4.69) is 22.6 Å². The molecule has 0 aromatic carbocycles. The van der Waals surface area contributed by atoms with E-state index in [1.165, 1.54) is 16.0 Å². The van der Waals surface area contributed by atoms with Crippen LogP contribution in [-0.2, 0) is 10.3 Å². The normalized spacial score (nSPS) is 14.8. The number of nitrogens with two attached hydrogens (primary N) is 1. The molecule has 0 saturated carbocycles. The highest BCUT2D eigenvalue weighted by Gasteiger charge is 2.36. The van der Waals surface area contributed by atoms with Crippen LogP contribution in [0.1, 0.15) is 69.1 Å². The van der Waals surface area contributed by atoms with Gasteiger partial charge < -0.3 is 11.1 Å². The summed E-state index contributed by atoms with van der Waals surface area (Å²) in [5.74, 6) is -0.518. The highest BCUT2D eigenvalue weighted by atomic mass is 32.1. The van der Waals surface area contributed by atoms with Gasteiger partial charge in [0.05, 0.1) is 17.3 Å². The first-order valence-corrected chi connectivity index (χ1v) is 9.80. The van der Waals surface area contributed by atoms with Crippen LogP contribution in [0.25, 0.3) is 0 Å². The van der Waals surface area contributed by atoms with Gasteiger partial charge >= 0.3 is 0 Å². The first kappa shape index (κ1) is 20.1. The Hall–Kier alpha value is -2.22. The summed E-state index contributed by atoms with van der Waals surface area (Å²) in [5.41, 5.74) is 6.05. The molecule has 0 fully saturated rings. The Labute approximate surface area is 158 Å². The first-order chi connectivity index (χ1) is 12.3. The predicted molar refractivity (Wildman–Crippen MR) is 102 cm³/mol. The zero-order valence-corrected chi connectivity index (χ0v) is 16.5. The van der Waals surface area contributed by atoms with E-state index in [0.717, 1.165) is 12.8 Å². The molecule has 0 bridgehead atoms. The largest absolute Gasteiger partial charge is 0.368 e. The standard InChI is InChI=1S/C18H27N5O2S/c1-5-6-7-14(16(19)24)23-10-15(21-22-23)18(4,12(2)3)20-17(25)13-8-9-26-11-13/h8-12,14H,5-7H2,1-4H3,(H2,19,24)(H,20,25)/t14-,18-/m0/s1. The number of rotatable bonds is 9. The van der Waals surface area contributed by atoms with Crippen LogP contribution in [0, 0.1) is 5.92 Å². The minimum Gasteiger partial charge on any atom is -0.368 e. The van der Waals surface area contributed by atoms with Crippen molar-refractivity contribution in [3.63, 3.8) is 0 Å². The van der Waals surface area contributed by atoms with E-state index >= 15 is 0 Å². The Morgan fingerprint density at radius 1 is 1.42 bits per heavy atom. The van der Waals surface area contributed by atoms with Crippen molar-refractivity contribution in [2.45, 2.75) is 58.5 Å². The third-order valence-corrected chi connectivity index (χ3v) is 5.52. The first-order valence-electron chi connectivity index (χ1n) is 8.86. The summed E-state index contributed by atoms with van der Waals surface area (Å²) in [6, 6.07) is 1.26. The van der Waals surface area contributed by atoms with Crippen molar-refractivity contribution in [2.75, 3.05) is 0 Å². The lowest BCUT2D eigenvalue weighted by atomic mass is 9.85. The second kappa shape index (κ2) is 8.44. The number of nitrogens with one attached hydrogen (secondary N) is 1. The molecule has 0 aliphatic rings. The fraction of sp³-hybridized carbons (Fsp3) is 0.556. The molecular weight excluding hydrogens is 350 g/mol. The minimum absolute atomic E-state index is 0.0675. The second-order valence-electron chi connectivity index (χ2n) is 6.97. The van der Waals surface area contributed by atoms with Gasteiger partial charge in [0.25, 0.3) is 5.91 Å². The van der Waals surface area contributed by atoms with Crippen LogP contribution < -0.4 is 11.1 Å². The summed E-state index contributed by atoms with van der Waals surface area (Å²) in [4.78, 5) is 24.4. The maximum atomic E-state index is 12.6. The number of primary amides is 1. The molecule has 3 N–H and O–H groups in total. The molecule has 2 heterocycles. The van der Waals surface area contributed by atoms with Crippen molar-refractivity contribution in [1.82, 2.24) is 20.3 Å². The summed E-state index contributed by atoms with van der Waals surface area (Å²) in [7, 11) is 0. The number of nitrogens with zero attached hydrogens (tertiary/aromatic N) is 3. The van der Waals surface area contributed by atoms with Gasteiger partial charge in [-0.1, -0.05) is 38.8 Å². The van der Waals surface area contributed by atoms with Gasteiger partial charge in [0.2, 0.25) is 5.91 Å². The third-order valence-electron chi connectivity index (χ3n) is 4.83. The van der Waals surface area contributed by atoms with Crippen molar-refractivity contribution in [3.05, 3.63) is 34.3 Å². The van der Waals surface area contributed by atoms with Crippen molar-refractivity contribution in [1.29, 1.82) is 0 Å². The molecule has 2 aromatic rings. The van der Waals surface area contributed by atoms with Gasteiger partial charge in [-0.25, -0.2) is 4.68 Å². The fourth-order valence-electron chi connectivity index (χ4n) is 2.68. The van der Waals surface area contributed by atoms with Gasteiger partial charge in [-0.05, 0) is 30.7 Å². The molecule has 2 rings (SSSR count). The highest BCUT2D eigenvalue weighted by Crippen LogP contribution is 2.29. The Kier molecular flexibility index (Phi) is 6.52. The molecule has 7 nitrogen and oxygen atoms in total. The summed E-state index contributed by atoms with van der Waals surface area (Å²) in [6.07, 6.45) is 4.18. The van der Waals surface area contributed by atoms with Crippen molar-refractivity contribution < 1.29 is 9.59 Å². The number of hydrogen-bond acceptors (Lipinski definition) is 5. The van der Waals surface area contributed by atoms with Gasteiger partial charge in [0.1, 0.15) is 11.7 Å². The maximum Gasteiger partial charge on any atom is 0.252 e. The lowest BCUT2D eigenvalue weighted by Crippen LogP contribution is -2.47. The van der Waals surface area contributed by atoms with Crippen LogP contribution in [-0.4, -0.2) is 26.8 Å². The molecule has 2 aromatic heterocycles. The Balaban J connectivity index is 2.28. The highest BCUT2D eigenvalue weighted by molar-refractivity contribution is 7.08. The summed E-state index contributed by atoms with van der Waals surface area (Å²) >= 11 is 1.47. The van der Waals surface area contributed by atoms with E-state index in [4.69, 9.17) is 5.73 Å². The number of unbranched alkanes of at least 4 members (excludes halogenated alkanes) is 1. The third kappa shape index (κ3) is 4.30. The summed E-state index contributed by atoms with van der Waals surface area (Å²) in [6.45, 7) is 7.99. The number of hydrogen-bond donors (Lipinski definition) is 2. The van der Waals surface area contributed by atoms with Gasteiger partial charge in [-0.3, -0.25) is 9.59 Å². The average Bonchev–Trinajstić information content (AvgIpc) is 3.27. The number of aromatic nitrogens is 3. The van der Waals surface area contributed by atoms with E-state index in [1.807, 2.05) is 26.2 Å². The van der Waals surface area contributed by atoms with E-state index in [9.17, 15) is 9.59 Å². The van der Waals surface area contributed by atoms with E-state index in [1.54, 1.807) is 17.6 Å². The van der Waals surface area contributed by atoms with Gasteiger partial charge in [-0.15, -0.1) is 5.10 Å². The van der Waals surface area contributed by atoms with Crippen molar-refractivity contribution in [3.8, 4) is 0 Å². The molecule has 0 saturated heterocycles. The van der Waals surface area contributed by atoms with Crippen LogP contribution in [0.4, 0.5) is 0 Å². The molecule has 0 aliphatic carbocycles. The molecule has 0 unspecified atom stereocenters. The predicted octanol–water partition coefficient (Wildman–Crippen LogP) is 2.86. The van der Waals surface area contributed by atoms with Crippen molar-refractivity contribution in [2.24, 2.45) is 11.7 Å². The molecule has 0 radical (unpaired) electrons. The molecular formula is C18H27N5O2S. The smallest absolute Gasteiger partial charge is 0.252 e. The quantitative estimate of drug-likeness (QED) is 0.701. The van der Waals surface area contributed by atoms with Crippen molar-refractivity contribution >= 4 is 23.2 Å². The van der Waals surface area contributed by atoms with E-state index < -0.39 is 17.5 Å². The lowest BCUT2D eigenvalue weighted by molar-refractivity contribution is -0.121. The van der Waals surface area contributed by atoms with Crippen LogP contribution in [0.3, 0.4) is 0 Å². The zero-order valence-electron chi connectivity index (χ0n) is 15.7. The number of carbonyl (C=O) groups is 2. The molecule has 8 heteroatoms. The number of amides is 2. The molecule has 26 heavy (non-hydrogen) atoms. The molecule has 2 atom stereocenters. The monoisotopic (exact) mass is 377 g/mol.